The van der Waals surface area contributed by atoms with E-state index < -0.39 is 24.0 Å². The molecule has 2 N–H and O–H groups in total. The van der Waals surface area contributed by atoms with Crippen molar-refractivity contribution in [1.82, 2.24) is 5.32 Å². The van der Waals surface area contributed by atoms with Crippen LogP contribution in [-0.2, 0) is 16.1 Å². The molecule has 106 valence electrons. The van der Waals surface area contributed by atoms with Gasteiger partial charge < -0.3 is 15.2 Å². The van der Waals surface area contributed by atoms with Gasteiger partial charge in [0, 0.05) is 5.92 Å². The van der Waals surface area contributed by atoms with E-state index >= 15 is 0 Å². The third-order valence-corrected chi connectivity index (χ3v) is 2.61. The number of hydrogen-bond acceptors (Lipinski definition) is 4. The van der Waals surface area contributed by atoms with E-state index in [1.54, 1.807) is 19.1 Å². The first-order valence-corrected chi connectivity index (χ1v) is 6.12. The summed E-state index contributed by atoms with van der Waals surface area (Å²) in [6.07, 6.45) is -0.780. The molecule has 0 bridgehead atoms. The van der Waals surface area contributed by atoms with Crippen molar-refractivity contribution in [3.8, 4) is 6.07 Å². The molecule has 0 aliphatic rings. The second-order valence-electron chi connectivity index (χ2n) is 4.36. The standard InChI is InChI=1S/C14H16N2O4/c1-10(8-15)7-12(13(17)18)16-14(19)20-9-11-5-3-2-4-6-11/h2-6,10,12H,7,9H2,1H3,(H,16,19)(H,17,18). The zero-order chi connectivity index (χ0) is 15.0. The molecule has 0 aromatic heterocycles. The SMILES string of the molecule is CC(C#N)CC(NC(=O)OCc1ccccc1)C(=O)O. The number of alkyl carbamates (subject to hydrolysis) is 1. The van der Waals surface area contributed by atoms with Gasteiger partial charge in [-0.1, -0.05) is 30.3 Å². The summed E-state index contributed by atoms with van der Waals surface area (Å²) in [4.78, 5) is 22.5. The van der Waals surface area contributed by atoms with Crippen molar-refractivity contribution >= 4 is 12.1 Å². The maximum Gasteiger partial charge on any atom is 0.408 e. The molecule has 0 aliphatic heterocycles. The maximum absolute atomic E-state index is 11.5. The van der Waals surface area contributed by atoms with Crippen LogP contribution in [0.1, 0.15) is 18.9 Å². The average molecular weight is 276 g/mol. The fraction of sp³-hybridized carbons (Fsp3) is 0.357. The molecule has 0 spiro atoms. The monoisotopic (exact) mass is 276 g/mol. The van der Waals surface area contributed by atoms with Gasteiger partial charge in [-0.3, -0.25) is 0 Å². The number of ether oxygens (including phenoxy) is 1. The van der Waals surface area contributed by atoms with Crippen LogP contribution in [-0.4, -0.2) is 23.2 Å². The van der Waals surface area contributed by atoms with E-state index in [9.17, 15) is 9.59 Å². The highest BCUT2D eigenvalue weighted by Gasteiger charge is 2.23. The minimum Gasteiger partial charge on any atom is -0.480 e. The van der Waals surface area contributed by atoms with Gasteiger partial charge in [0.15, 0.2) is 0 Å². The zero-order valence-electron chi connectivity index (χ0n) is 11.1. The predicted molar refractivity (Wildman–Crippen MR) is 70.6 cm³/mol. The van der Waals surface area contributed by atoms with Crippen LogP contribution >= 0.6 is 0 Å². The first-order chi connectivity index (χ1) is 9.52. The summed E-state index contributed by atoms with van der Waals surface area (Å²) in [6.45, 7) is 1.65. The number of carboxylic acid groups (broad SMARTS) is 1. The van der Waals surface area contributed by atoms with Gasteiger partial charge in [0.25, 0.3) is 0 Å². The summed E-state index contributed by atoms with van der Waals surface area (Å²) in [5.74, 6) is -1.66. The number of aliphatic carboxylic acids is 1. The lowest BCUT2D eigenvalue weighted by molar-refractivity contribution is -0.139. The number of rotatable bonds is 6. The van der Waals surface area contributed by atoms with Crippen molar-refractivity contribution in [2.75, 3.05) is 0 Å². The Labute approximate surface area is 117 Å². The number of hydrogen-bond donors (Lipinski definition) is 2. The van der Waals surface area contributed by atoms with Gasteiger partial charge in [-0.15, -0.1) is 0 Å². The van der Waals surface area contributed by atoms with Gasteiger partial charge >= 0.3 is 12.1 Å². The van der Waals surface area contributed by atoms with Crippen LogP contribution in [0, 0.1) is 17.2 Å². The van der Waals surface area contributed by atoms with Gasteiger partial charge in [0.1, 0.15) is 12.6 Å². The van der Waals surface area contributed by atoms with Crippen LogP contribution < -0.4 is 5.32 Å². The highest BCUT2D eigenvalue weighted by Crippen LogP contribution is 2.06. The first kappa shape index (κ1) is 15.5. The van der Waals surface area contributed by atoms with Gasteiger partial charge in [-0.05, 0) is 18.9 Å². The molecule has 1 aromatic carbocycles. The van der Waals surface area contributed by atoms with Crippen LogP contribution in [0.2, 0.25) is 0 Å². The molecule has 0 saturated heterocycles. The molecule has 6 nitrogen and oxygen atoms in total. The number of carboxylic acids is 1. The summed E-state index contributed by atoms with van der Waals surface area (Å²) >= 11 is 0. The first-order valence-electron chi connectivity index (χ1n) is 6.12. The molecule has 20 heavy (non-hydrogen) atoms. The lowest BCUT2D eigenvalue weighted by Gasteiger charge is -2.15. The normalized spacial score (nSPS) is 12.8. The topological polar surface area (TPSA) is 99.4 Å². The molecule has 0 heterocycles. The van der Waals surface area contributed by atoms with Crippen LogP contribution in [0.25, 0.3) is 0 Å². The van der Waals surface area contributed by atoms with Crippen LogP contribution in [0.15, 0.2) is 30.3 Å². The van der Waals surface area contributed by atoms with Crippen molar-refractivity contribution in [3.63, 3.8) is 0 Å². The van der Waals surface area contributed by atoms with Gasteiger partial charge in [-0.2, -0.15) is 5.26 Å². The Bertz CT molecular complexity index is 496. The zero-order valence-corrected chi connectivity index (χ0v) is 11.1. The summed E-state index contributed by atoms with van der Waals surface area (Å²) in [5.41, 5.74) is 0.805. The Morgan fingerprint density at radius 3 is 2.60 bits per heavy atom. The summed E-state index contributed by atoms with van der Waals surface area (Å²) in [5, 5.41) is 19.9. The van der Waals surface area contributed by atoms with Gasteiger partial charge in [0.05, 0.1) is 6.07 Å². The quantitative estimate of drug-likeness (QED) is 0.826. The third kappa shape index (κ3) is 5.40. The third-order valence-electron chi connectivity index (χ3n) is 2.61. The van der Waals surface area contributed by atoms with Gasteiger partial charge in [-0.25, -0.2) is 9.59 Å². The van der Waals surface area contributed by atoms with E-state index in [0.29, 0.717) is 0 Å². The number of nitriles is 1. The predicted octanol–water partition coefficient (Wildman–Crippen LogP) is 1.92. The Morgan fingerprint density at radius 2 is 2.05 bits per heavy atom. The van der Waals surface area contributed by atoms with Crippen molar-refractivity contribution in [2.45, 2.75) is 26.0 Å². The Morgan fingerprint density at radius 1 is 1.40 bits per heavy atom. The number of nitrogens with one attached hydrogen (secondary N) is 1. The molecule has 0 saturated carbocycles. The van der Waals surface area contributed by atoms with E-state index in [1.165, 1.54) is 0 Å². The van der Waals surface area contributed by atoms with Crippen LogP contribution in [0.3, 0.4) is 0 Å². The minimum absolute atomic E-state index is 0.0340. The minimum atomic E-state index is -1.19. The van der Waals surface area contributed by atoms with E-state index in [-0.39, 0.29) is 13.0 Å². The second kappa shape index (κ2) is 7.79. The maximum atomic E-state index is 11.5. The lowest BCUT2D eigenvalue weighted by Crippen LogP contribution is -2.41. The molecule has 1 aromatic rings. The Balaban J connectivity index is 2.46. The van der Waals surface area contributed by atoms with Gasteiger partial charge in [0.2, 0.25) is 0 Å². The van der Waals surface area contributed by atoms with Crippen molar-refractivity contribution < 1.29 is 19.4 Å². The summed E-state index contributed by atoms with van der Waals surface area (Å²) < 4.78 is 4.93. The van der Waals surface area contributed by atoms with Crippen molar-refractivity contribution in [1.29, 1.82) is 5.26 Å². The molecule has 0 fully saturated rings. The molecule has 0 aliphatic carbocycles. The number of amides is 1. The molecule has 2 atom stereocenters. The fourth-order valence-corrected chi connectivity index (χ4v) is 1.53. The van der Waals surface area contributed by atoms with Crippen molar-refractivity contribution in [2.24, 2.45) is 5.92 Å². The van der Waals surface area contributed by atoms with Crippen LogP contribution in [0.5, 0.6) is 0 Å². The highest BCUT2D eigenvalue weighted by molar-refractivity contribution is 5.79. The van der Waals surface area contributed by atoms with E-state index in [4.69, 9.17) is 15.1 Å². The Hall–Kier alpha value is -2.55. The molecular formula is C14H16N2O4. The molecule has 1 amide bonds. The van der Waals surface area contributed by atoms with E-state index in [2.05, 4.69) is 5.32 Å². The number of benzene rings is 1. The largest absolute Gasteiger partial charge is 0.480 e. The van der Waals surface area contributed by atoms with Crippen LogP contribution in [0.4, 0.5) is 4.79 Å². The Kier molecular flexibility index (Phi) is 6.04. The average Bonchev–Trinajstić information content (AvgIpc) is 2.45. The molecule has 6 heteroatoms. The smallest absolute Gasteiger partial charge is 0.408 e. The molecular weight excluding hydrogens is 260 g/mol. The number of carbonyl (C=O) groups excluding carboxylic acids is 1. The summed E-state index contributed by atoms with van der Waals surface area (Å²) in [7, 11) is 0. The fourth-order valence-electron chi connectivity index (χ4n) is 1.53. The van der Waals surface area contributed by atoms with E-state index in [0.717, 1.165) is 5.56 Å². The number of carbonyl (C=O) groups is 2. The number of nitrogens with zero attached hydrogens (tertiary/aromatic N) is 1. The summed E-state index contributed by atoms with van der Waals surface area (Å²) in [6, 6.07) is 9.84. The molecule has 0 radical (unpaired) electrons. The van der Waals surface area contributed by atoms with E-state index in [1.807, 2.05) is 24.3 Å². The van der Waals surface area contributed by atoms with Crippen molar-refractivity contribution in [3.05, 3.63) is 35.9 Å². The second-order valence-corrected chi connectivity index (χ2v) is 4.36. The highest BCUT2D eigenvalue weighted by atomic mass is 16.5. The molecule has 1 rings (SSSR count). The lowest BCUT2D eigenvalue weighted by atomic mass is 10.0. The molecule has 2 unspecified atom stereocenters.